The Labute approximate surface area is 192 Å². The number of hydrogen-bond donors (Lipinski definition) is 1. The number of hydrogen-bond acceptors (Lipinski definition) is 6. The zero-order valence-electron chi connectivity index (χ0n) is 19.7. The predicted octanol–water partition coefficient (Wildman–Crippen LogP) is 5.21. The van der Waals surface area contributed by atoms with Crippen molar-refractivity contribution in [3.63, 3.8) is 0 Å². The largest absolute Gasteiger partial charge is 0.469 e. The average molecular weight is 449 g/mol. The SMILES string of the molecule is CCCCC[C@H](O)C=C[C@@H]1c2cc(CCCCC(=O)OC)oc2C[C@H]1OC1CCCCO1. The molecule has 1 aliphatic carbocycles. The van der Waals surface area contributed by atoms with Crippen molar-refractivity contribution in [1.82, 2.24) is 0 Å². The van der Waals surface area contributed by atoms with Crippen LogP contribution in [0.5, 0.6) is 0 Å². The number of aryl methyl sites for hydroxylation is 1. The summed E-state index contributed by atoms with van der Waals surface area (Å²) in [5.74, 6) is 1.82. The third kappa shape index (κ3) is 7.46. The van der Waals surface area contributed by atoms with Crippen molar-refractivity contribution >= 4 is 5.97 Å². The van der Waals surface area contributed by atoms with E-state index >= 15 is 0 Å². The second kappa shape index (κ2) is 13.2. The topological polar surface area (TPSA) is 78.1 Å². The van der Waals surface area contributed by atoms with Crippen LogP contribution in [0.1, 0.15) is 94.1 Å². The van der Waals surface area contributed by atoms with Gasteiger partial charge in [0, 0.05) is 37.4 Å². The number of ether oxygens (including phenoxy) is 3. The molecule has 2 aliphatic rings. The van der Waals surface area contributed by atoms with Crippen LogP contribution in [0.3, 0.4) is 0 Å². The molecule has 6 nitrogen and oxygen atoms in total. The number of aliphatic hydroxyl groups is 1. The minimum atomic E-state index is -0.429. The Kier molecular flexibility index (Phi) is 10.3. The van der Waals surface area contributed by atoms with Gasteiger partial charge in [0.25, 0.3) is 0 Å². The standard InChI is InChI=1S/C26H40O6/c1-3-4-5-10-19(27)14-15-21-22-17-20(11-6-7-12-25(28)29-2)31-24(22)18-23(21)32-26-13-8-9-16-30-26/h14-15,17,19,21,23,26-27H,3-13,16,18H2,1-2H3/t19-,21+,23+,26?/m0/s1. The van der Waals surface area contributed by atoms with E-state index in [-0.39, 0.29) is 24.3 Å². The number of unbranched alkanes of at least 4 members (excludes halogenated alkanes) is 3. The normalized spacial score (nSPS) is 24.0. The van der Waals surface area contributed by atoms with Crippen LogP contribution in [0.2, 0.25) is 0 Å². The van der Waals surface area contributed by atoms with Crippen LogP contribution < -0.4 is 0 Å². The maximum absolute atomic E-state index is 11.3. The van der Waals surface area contributed by atoms with E-state index in [9.17, 15) is 9.90 Å². The zero-order chi connectivity index (χ0) is 22.8. The van der Waals surface area contributed by atoms with Gasteiger partial charge in [0.15, 0.2) is 6.29 Å². The first-order valence-corrected chi connectivity index (χ1v) is 12.4. The first kappa shape index (κ1) is 25.0. The summed E-state index contributed by atoms with van der Waals surface area (Å²) in [7, 11) is 1.42. The summed E-state index contributed by atoms with van der Waals surface area (Å²) in [5.41, 5.74) is 1.16. The summed E-state index contributed by atoms with van der Waals surface area (Å²) in [6.07, 6.45) is 14.3. The van der Waals surface area contributed by atoms with E-state index in [4.69, 9.17) is 18.6 Å². The van der Waals surface area contributed by atoms with Crippen LogP contribution in [0.15, 0.2) is 22.6 Å². The predicted molar refractivity (Wildman–Crippen MR) is 122 cm³/mol. The maximum atomic E-state index is 11.3. The second-order valence-corrected chi connectivity index (χ2v) is 9.02. The summed E-state index contributed by atoms with van der Waals surface area (Å²) in [6.45, 7) is 2.93. The number of carbonyl (C=O) groups excluding carboxylic acids is 1. The summed E-state index contributed by atoms with van der Waals surface area (Å²) >= 11 is 0. The minimum Gasteiger partial charge on any atom is -0.469 e. The molecular weight excluding hydrogens is 408 g/mol. The van der Waals surface area contributed by atoms with Gasteiger partial charge in [0.2, 0.25) is 0 Å². The van der Waals surface area contributed by atoms with E-state index in [2.05, 4.69) is 19.1 Å². The molecule has 4 atom stereocenters. The van der Waals surface area contributed by atoms with Gasteiger partial charge in [-0.3, -0.25) is 4.79 Å². The molecule has 0 radical (unpaired) electrons. The zero-order valence-corrected chi connectivity index (χ0v) is 19.7. The first-order valence-electron chi connectivity index (χ1n) is 12.4. The molecule has 0 spiro atoms. The van der Waals surface area contributed by atoms with Crippen LogP contribution >= 0.6 is 0 Å². The molecular formula is C26H40O6. The number of fused-ring (bicyclic) bond motifs is 1. The lowest BCUT2D eigenvalue weighted by molar-refractivity contribution is -0.188. The summed E-state index contributed by atoms with van der Waals surface area (Å²) in [5, 5.41) is 10.4. The number of aliphatic hydroxyl groups excluding tert-OH is 1. The fourth-order valence-corrected chi connectivity index (χ4v) is 4.57. The molecule has 6 heteroatoms. The molecule has 2 heterocycles. The molecule has 1 saturated heterocycles. The first-order chi connectivity index (χ1) is 15.6. The van der Waals surface area contributed by atoms with Gasteiger partial charge in [-0.2, -0.15) is 0 Å². The van der Waals surface area contributed by atoms with Gasteiger partial charge < -0.3 is 23.7 Å². The van der Waals surface area contributed by atoms with Crippen molar-refractivity contribution in [2.45, 2.75) is 108 Å². The molecule has 0 amide bonds. The molecule has 0 bridgehead atoms. The average Bonchev–Trinajstić information content (AvgIpc) is 3.33. The van der Waals surface area contributed by atoms with Gasteiger partial charge in [-0.25, -0.2) is 0 Å². The molecule has 3 rings (SSSR count). The Morgan fingerprint density at radius 1 is 1.28 bits per heavy atom. The molecule has 0 saturated carbocycles. The fourth-order valence-electron chi connectivity index (χ4n) is 4.57. The van der Waals surface area contributed by atoms with E-state index in [1.807, 2.05) is 6.08 Å². The van der Waals surface area contributed by atoms with E-state index in [1.165, 1.54) is 7.11 Å². The van der Waals surface area contributed by atoms with Crippen LogP contribution in [0.25, 0.3) is 0 Å². The molecule has 0 aromatic carbocycles. The van der Waals surface area contributed by atoms with E-state index in [1.54, 1.807) is 0 Å². The second-order valence-electron chi connectivity index (χ2n) is 9.02. The highest BCUT2D eigenvalue weighted by Gasteiger charge is 2.37. The van der Waals surface area contributed by atoms with Gasteiger partial charge in [-0.05, 0) is 44.6 Å². The molecule has 1 aromatic heterocycles. The molecule has 1 aliphatic heterocycles. The summed E-state index contributed by atoms with van der Waals surface area (Å²) in [6, 6.07) is 2.14. The van der Waals surface area contributed by atoms with Crippen molar-refractivity contribution in [1.29, 1.82) is 0 Å². The summed E-state index contributed by atoms with van der Waals surface area (Å²) < 4.78 is 23.0. The number of furan rings is 1. The Bertz CT molecular complexity index is 718. The van der Waals surface area contributed by atoms with Crippen molar-refractivity contribution < 1.29 is 28.5 Å². The highest BCUT2D eigenvalue weighted by molar-refractivity contribution is 5.68. The van der Waals surface area contributed by atoms with E-state index in [0.29, 0.717) is 6.42 Å². The lowest BCUT2D eigenvalue weighted by Gasteiger charge is -2.28. The van der Waals surface area contributed by atoms with Crippen molar-refractivity contribution in [3.8, 4) is 0 Å². The molecule has 1 aromatic rings. The van der Waals surface area contributed by atoms with Crippen molar-refractivity contribution in [2.24, 2.45) is 0 Å². The maximum Gasteiger partial charge on any atom is 0.305 e. The Balaban J connectivity index is 1.62. The highest BCUT2D eigenvalue weighted by atomic mass is 16.7. The van der Waals surface area contributed by atoms with Crippen LogP contribution in [0, 0.1) is 0 Å². The minimum absolute atomic E-state index is 0.0284. The smallest absolute Gasteiger partial charge is 0.305 e. The van der Waals surface area contributed by atoms with Gasteiger partial charge in [-0.15, -0.1) is 0 Å². The van der Waals surface area contributed by atoms with Crippen molar-refractivity contribution in [2.75, 3.05) is 13.7 Å². The quantitative estimate of drug-likeness (QED) is 0.253. The van der Waals surface area contributed by atoms with Crippen molar-refractivity contribution in [3.05, 3.63) is 35.3 Å². The highest BCUT2D eigenvalue weighted by Crippen LogP contribution is 2.40. The Morgan fingerprint density at radius 2 is 2.16 bits per heavy atom. The molecule has 180 valence electrons. The number of methoxy groups -OCH3 is 1. The van der Waals surface area contributed by atoms with E-state index < -0.39 is 6.10 Å². The lowest BCUT2D eigenvalue weighted by atomic mass is 9.98. The molecule has 1 N–H and O–H groups in total. The van der Waals surface area contributed by atoms with Gasteiger partial charge in [-0.1, -0.05) is 38.3 Å². The summed E-state index contributed by atoms with van der Waals surface area (Å²) in [4.78, 5) is 11.3. The number of esters is 1. The van der Waals surface area contributed by atoms with Gasteiger partial charge in [0.1, 0.15) is 11.5 Å². The van der Waals surface area contributed by atoms with Gasteiger partial charge >= 0.3 is 5.97 Å². The molecule has 1 fully saturated rings. The number of carbonyl (C=O) groups is 1. The third-order valence-corrected chi connectivity index (χ3v) is 6.43. The molecule has 1 unspecified atom stereocenters. The number of rotatable bonds is 13. The molecule has 32 heavy (non-hydrogen) atoms. The van der Waals surface area contributed by atoms with Crippen LogP contribution in [0.4, 0.5) is 0 Å². The monoisotopic (exact) mass is 448 g/mol. The van der Waals surface area contributed by atoms with E-state index in [0.717, 1.165) is 94.3 Å². The Hall–Kier alpha value is -1.63. The lowest BCUT2D eigenvalue weighted by Crippen LogP contribution is -2.30. The van der Waals surface area contributed by atoms with Gasteiger partial charge in [0.05, 0.1) is 19.3 Å². The van der Waals surface area contributed by atoms with Crippen LogP contribution in [-0.2, 0) is 31.8 Å². The van der Waals surface area contributed by atoms with Crippen LogP contribution in [-0.4, -0.2) is 43.3 Å². The third-order valence-electron chi connectivity index (χ3n) is 6.43. The fraction of sp³-hybridized carbons (Fsp3) is 0.731. The Morgan fingerprint density at radius 3 is 2.91 bits per heavy atom.